The lowest BCUT2D eigenvalue weighted by atomic mass is 10.1. The number of aryl methyl sites for hydroxylation is 3. The first kappa shape index (κ1) is 14.5. The molecule has 5 nitrogen and oxygen atoms in total. The minimum atomic E-state index is -0.249. The normalized spacial score (nSPS) is 10.7. The molecule has 0 bridgehead atoms. The van der Waals surface area contributed by atoms with Gasteiger partial charge in [0.05, 0.1) is 5.69 Å². The Labute approximate surface area is 132 Å². The smallest absolute Gasteiger partial charge is 0.277 e. The number of hydrogen-bond donors (Lipinski definition) is 1. The molecule has 6 heteroatoms. The van der Waals surface area contributed by atoms with Crippen molar-refractivity contribution in [2.24, 2.45) is 7.05 Å². The van der Waals surface area contributed by atoms with Crippen molar-refractivity contribution in [1.29, 1.82) is 0 Å². The van der Waals surface area contributed by atoms with Gasteiger partial charge in [0.15, 0.2) is 10.8 Å². The number of nitrogens with one attached hydrogen (secondary N) is 1. The van der Waals surface area contributed by atoms with Crippen LogP contribution >= 0.6 is 11.3 Å². The highest BCUT2D eigenvalue weighted by molar-refractivity contribution is 7.14. The lowest BCUT2D eigenvalue weighted by Crippen LogP contribution is -2.12. The Balaban J connectivity index is 1.78. The lowest BCUT2D eigenvalue weighted by molar-refractivity contribution is 0.102. The Bertz CT molecular complexity index is 834. The van der Waals surface area contributed by atoms with Crippen molar-refractivity contribution in [2.45, 2.75) is 13.8 Å². The number of amides is 1. The first-order valence-corrected chi connectivity index (χ1v) is 7.75. The van der Waals surface area contributed by atoms with E-state index in [1.807, 2.05) is 11.4 Å². The molecule has 1 N–H and O–H groups in total. The van der Waals surface area contributed by atoms with Crippen LogP contribution in [0.2, 0.25) is 0 Å². The van der Waals surface area contributed by atoms with Crippen LogP contribution in [0.5, 0.6) is 0 Å². The lowest BCUT2D eigenvalue weighted by Gasteiger charge is -2.02. The molecule has 2 aromatic heterocycles. The molecular weight excluding hydrogens is 296 g/mol. The molecule has 112 valence electrons. The molecule has 0 aliphatic heterocycles. The Morgan fingerprint density at radius 3 is 2.73 bits per heavy atom. The summed E-state index contributed by atoms with van der Waals surface area (Å²) in [5.74, 6) is -0.249. The molecule has 3 rings (SSSR count). The average molecular weight is 312 g/mol. The van der Waals surface area contributed by atoms with E-state index < -0.39 is 0 Å². The predicted octanol–water partition coefficient (Wildman–Crippen LogP) is 3.41. The number of benzene rings is 1. The summed E-state index contributed by atoms with van der Waals surface area (Å²) < 4.78 is 1.59. The topological polar surface area (TPSA) is 59.8 Å². The van der Waals surface area contributed by atoms with Gasteiger partial charge in [-0.2, -0.15) is 5.10 Å². The number of aromatic nitrogens is 3. The van der Waals surface area contributed by atoms with Crippen LogP contribution in [0.15, 0.2) is 35.8 Å². The minimum Gasteiger partial charge on any atom is -0.296 e. The van der Waals surface area contributed by atoms with E-state index in [0.29, 0.717) is 10.8 Å². The van der Waals surface area contributed by atoms with Crippen molar-refractivity contribution in [3.63, 3.8) is 0 Å². The van der Waals surface area contributed by atoms with Crippen molar-refractivity contribution in [3.05, 3.63) is 52.7 Å². The molecule has 22 heavy (non-hydrogen) atoms. The summed E-state index contributed by atoms with van der Waals surface area (Å²) in [5.41, 5.74) is 4.78. The summed E-state index contributed by atoms with van der Waals surface area (Å²) in [7, 11) is 1.78. The summed E-state index contributed by atoms with van der Waals surface area (Å²) in [6, 6.07) is 7.90. The van der Waals surface area contributed by atoms with Crippen LogP contribution in [0.1, 0.15) is 21.6 Å². The van der Waals surface area contributed by atoms with Gasteiger partial charge in [-0.3, -0.25) is 14.8 Å². The van der Waals surface area contributed by atoms with Gasteiger partial charge in [0.2, 0.25) is 0 Å². The third-order valence-electron chi connectivity index (χ3n) is 3.47. The second-order valence-electron chi connectivity index (χ2n) is 5.17. The maximum Gasteiger partial charge on any atom is 0.277 e. The molecule has 0 saturated carbocycles. The largest absolute Gasteiger partial charge is 0.296 e. The maximum absolute atomic E-state index is 12.1. The Kier molecular flexibility index (Phi) is 3.77. The van der Waals surface area contributed by atoms with E-state index in [4.69, 9.17) is 0 Å². The third kappa shape index (κ3) is 2.92. The SMILES string of the molecule is Cc1ccc(-c2csc(NC(=O)c3ccn(C)n3)n2)cc1C. The van der Waals surface area contributed by atoms with E-state index in [1.165, 1.54) is 22.5 Å². The second kappa shape index (κ2) is 5.73. The molecule has 0 saturated heterocycles. The fraction of sp³-hybridized carbons (Fsp3) is 0.188. The molecular formula is C16H16N4OS. The molecule has 0 atom stereocenters. The van der Waals surface area contributed by atoms with Crippen molar-refractivity contribution >= 4 is 22.4 Å². The molecule has 0 radical (unpaired) electrons. The quantitative estimate of drug-likeness (QED) is 0.806. The van der Waals surface area contributed by atoms with Crippen LogP contribution in [0.4, 0.5) is 5.13 Å². The van der Waals surface area contributed by atoms with E-state index in [2.05, 4.69) is 41.4 Å². The molecule has 0 aliphatic rings. The highest BCUT2D eigenvalue weighted by Gasteiger charge is 2.12. The molecule has 0 spiro atoms. The van der Waals surface area contributed by atoms with Gasteiger partial charge in [-0.05, 0) is 37.1 Å². The van der Waals surface area contributed by atoms with Crippen molar-refractivity contribution in [3.8, 4) is 11.3 Å². The molecule has 3 aromatic rings. The summed E-state index contributed by atoms with van der Waals surface area (Å²) in [4.78, 5) is 16.5. The van der Waals surface area contributed by atoms with Gasteiger partial charge >= 0.3 is 0 Å². The molecule has 2 heterocycles. The van der Waals surface area contributed by atoms with Gasteiger partial charge in [-0.15, -0.1) is 11.3 Å². The zero-order chi connectivity index (χ0) is 15.7. The van der Waals surface area contributed by atoms with Gasteiger partial charge < -0.3 is 0 Å². The summed E-state index contributed by atoms with van der Waals surface area (Å²) in [6.45, 7) is 4.16. The van der Waals surface area contributed by atoms with Gasteiger partial charge in [0.25, 0.3) is 5.91 Å². The summed E-state index contributed by atoms with van der Waals surface area (Å²) in [6.07, 6.45) is 1.73. The molecule has 1 amide bonds. The van der Waals surface area contributed by atoms with E-state index in [9.17, 15) is 4.79 Å². The van der Waals surface area contributed by atoms with Crippen LogP contribution in [0.3, 0.4) is 0 Å². The highest BCUT2D eigenvalue weighted by Crippen LogP contribution is 2.26. The number of nitrogens with zero attached hydrogens (tertiary/aromatic N) is 3. The van der Waals surface area contributed by atoms with Crippen molar-refractivity contribution < 1.29 is 4.79 Å². The molecule has 0 unspecified atom stereocenters. The second-order valence-corrected chi connectivity index (χ2v) is 6.02. The van der Waals surface area contributed by atoms with Gasteiger partial charge in [-0.1, -0.05) is 12.1 Å². The monoisotopic (exact) mass is 312 g/mol. The van der Waals surface area contributed by atoms with Gasteiger partial charge in [0.1, 0.15) is 0 Å². The number of rotatable bonds is 3. The number of carbonyl (C=O) groups excluding carboxylic acids is 1. The molecule has 1 aromatic carbocycles. The van der Waals surface area contributed by atoms with Crippen LogP contribution in [-0.2, 0) is 7.05 Å². The summed E-state index contributed by atoms with van der Waals surface area (Å²) in [5, 5.41) is 9.37. The number of carbonyl (C=O) groups is 1. The van der Waals surface area contributed by atoms with Crippen LogP contribution < -0.4 is 5.32 Å². The van der Waals surface area contributed by atoms with Crippen molar-refractivity contribution in [2.75, 3.05) is 5.32 Å². The van der Waals surface area contributed by atoms with E-state index >= 15 is 0 Å². The number of hydrogen-bond acceptors (Lipinski definition) is 4. The predicted molar refractivity (Wildman–Crippen MR) is 88.2 cm³/mol. The Hall–Kier alpha value is -2.47. The van der Waals surface area contributed by atoms with Crippen LogP contribution in [0, 0.1) is 13.8 Å². The Morgan fingerprint density at radius 2 is 2.05 bits per heavy atom. The number of thiazole rings is 1. The van der Waals surface area contributed by atoms with E-state index in [-0.39, 0.29) is 5.91 Å². The standard InChI is InChI=1S/C16H16N4OS/c1-10-4-5-12(8-11(10)2)14-9-22-16(17-14)18-15(21)13-6-7-20(3)19-13/h4-9H,1-3H3,(H,17,18,21). The fourth-order valence-corrected chi connectivity index (χ4v) is 2.78. The van der Waals surface area contributed by atoms with E-state index in [1.54, 1.807) is 24.0 Å². The third-order valence-corrected chi connectivity index (χ3v) is 4.23. The Morgan fingerprint density at radius 1 is 1.23 bits per heavy atom. The first-order valence-electron chi connectivity index (χ1n) is 6.87. The van der Waals surface area contributed by atoms with E-state index in [0.717, 1.165) is 11.3 Å². The van der Waals surface area contributed by atoms with Crippen molar-refractivity contribution in [1.82, 2.24) is 14.8 Å². The average Bonchev–Trinajstić information content (AvgIpc) is 3.11. The van der Waals surface area contributed by atoms with Crippen LogP contribution in [-0.4, -0.2) is 20.7 Å². The summed E-state index contributed by atoms with van der Waals surface area (Å²) >= 11 is 1.41. The number of anilines is 1. The van der Waals surface area contributed by atoms with Gasteiger partial charge in [0, 0.05) is 24.2 Å². The first-order chi connectivity index (χ1) is 10.5. The highest BCUT2D eigenvalue weighted by atomic mass is 32.1. The van der Waals surface area contributed by atoms with Crippen LogP contribution in [0.25, 0.3) is 11.3 Å². The molecule has 0 aliphatic carbocycles. The maximum atomic E-state index is 12.1. The fourth-order valence-electron chi connectivity index (χ4n) is 2.06. The minimum absolute atomic E-state index is 0.249. The zero-order valence-corrected chi connectivity index (χ0v) is 13.4. The van der Waals surface area contributed by atoms with Gasteiger partial charge in [-0.25, -0.2) is 4.98 Å². The molecule has 0 fully saturated rings. The zero-order valence-electron chi connectivity index (χ0n) is 12.6.